The molecule has 3 nitrogen and oxygen atoms in total. The predicted octanol–water partition coefficient (Wildman–Crippen LogP) is 1.65. The molecule has 0 atom stereocenters. The van der Waals surface area contributed by atoms with E-state index in [0.717, 1.165) is 6.54 Å². The minimum absolute atomic E-state index is 0.0763. The molecule has 0 spiro atoms. The first kappa shape index (κ1) is 12.5. The summed E-state index contributed by atoms with van der Waals surface area (Å²) >= 11 is 1.88. The third-order valence-electron chi connectivity index (χ3n) is 2.83. The highest BCUT2D eigenvalue weighted by atomic mass is 32.2. The van der Waals surface area contributed by atoms with Gasteiger partial charge in [0.05, 0.1) is 6.54 Å². The summed E-state index contributed by atoms with van der Waals surface area (Å²) in [5, 5.41) is 5.84. The van der Waals surface area contributed by atoms with Gasteiger partial charge in [-0.05, 0) is 32.0 Å². The van der Waals surface area contributed by atoms with Crippen LogP contribution in [0.2, 0.25) is 0 Å². The van der Waals surface area contributed by atoms with Crippen LogP contribution in [0.1, 0.15) is 12.8 Å². The number of carbonyl (C=O) groups excluding carboxylic acids is 1. The lowest BCUT2D eigenvalue weighted by atomic mass is 10.4. The Morgan fingerprint density at radius 2 is 2.06 bits per heavy atom. The van der Waals surface area contributed by atoms with Gasteiger partial charge in [-0.25, -0.2) is 0 Å². The first-order chi connectivity index (χ1) is 8.24. The molecule has 2 N–H and O–H groups in total. The first-order valence-electron chi connectivity index (χ1n) is 5.89. The Balaban J connectivity index is 1.82. The van der Waals surface area contributed by atoms with Gasteiger partial charge in [-0.15, -0.1) is 11.8 Å². The summed E-state index contributed by atoms with van der Waals surface area (Å²) in [4.78, 5) is 12.7. The fourth-order valence-electron chi connectivity index (χ4n) is 1.68. The van der Waals surface area contributed by atoms with Crippen molar-refractivity contribution in [1.82, 2.24) is 10.6 Å². The minimum atomic E-state index is 0.0763. The van der Waals surface area contributed by atoms with E-state index in [9.17, 15) is 4.79 Å². The first-order valence-corrected chi connectivity index (χ1v) is 6.71. The van der Waals surface area contributed by atoms with Crippen LogP contribution in [0.15, 0.2) is 35.2 Å². The second-order valence-corrected chi connectivity index (χ2v) is 5.95. The molecule has 1 amide bonds. The second-order valence-electron chi connectivity index (χ2n) is 4.41. The summed E-state index contributed by atoms with van der Waals surface area (Å²) in [5.41, 5.74) is 0. The SMILES string of the molecule is CNCC(=O)NCC1(Sc2ccccc2)CC1. The van der Waals surface area contributed by atoms with Crippen molar-refractivity contribution in [2.45, 2.75) is 22.5 Å². The topological polar surface area (TPSA) is 41.1 Å². The molecule has 0 aliphatic heterocycles. The van der Waals surface area contributed by atoms with Crippen molar-refractivity contribution in [3.8, 4) is 0 Å². The number of carbonyl (C=O) groups is 1. The lowest BCUT2D eigenvalue weighted by Crippen LogP contribution is -2.37. The molecule has 0 unspecified atom stereocenters. The average molecular weight is 250 g/mol. The number of hydrogen-bond acceptors (Lipinski definition) is 3. The smallest absolute Gasteiger partial charge is 0.233 e. The van der Waals surface area contributed by atoms with E-state index in [4.69, 9.17) is 0 Å². The van der Waals surface area contributed by atoms with Gasteiger partial charge in [0.25, 0.3) is 0 Å². The lowest BCUT2D eigenvalue weighted by molar-refractivity contribution is -0.120. The molecule has 1 saturated carbocycles. The van der Waals surface area contributed by atoms with E-state index in [-0.39, 0.29) is 10.7 Å². The molecular weight excluding hydrogens is 232 g/mol. The summed E-state index contributed by atoms with van der Waals surface area (Å²) in [6.07, 6.45) is 2.37. The number of likely N-dealkylation sites (N-methyl/N-ethyl adjacent to an activating group) is 1. The zero-order valence-corrected chi connectivity index (χ0v) is 10.8. The van der Waals surface area contributed by atoms with Crippen LogP contribution in [-0.4, -0.2) is 30.8 Å². The van der Waals surface area contributed by atoms with Crippen molar-refractivity contribution in [1.29, 1.82) is 0 Å². The van der Waals surface area contributed by atoms with Crippen LogP contribution in [0.25, 0.3) is 0 Å². The van der Waals surface area contributed by atoms with Crippen LogP contribution in [0.3, 0.4) is 0 Å². The van der Waals surface area contributed by atoms with Crippen molar-refractivity contribution in [3.63, 3.8) is 0 Å². The van der Waals surface area contributed by atoms with E-state index in [2.05, 4.69) is 34.9 Å². The standard InChI is InChI=1S/C13H18N2OS/c1-14-9-12(16)15-10-13(7-8-13)17-11-5-3-2-4-6-11/h2-6,14H,7-10H2,1H3,(H,15,16). The van der Waals surface area contributed by atoms with Crippen LogP contribution in [0.5, 0.6) is 0 Å². The average Bonchev–Trinajstić information content (AvgIpc) is 3.09. The maximum atomic E-state index is 11.4. The predicted molar refractivity (Wildman–Crippen MR) is 71.2 cm³/mol. The van der Waals surface area contributed by atoms with E-state index in [1.807, 2.05) is 17.8 Å². The molecule has 1 aromatic carbocycles. The summed E-state index contributed by atoms with van der Waals surface area (Å²) in [5.74, 6) is 0.0763. The third-order valence-corrected chi connectivity index (χ3v) is 4.32. The molecule has 0 saturated heterocycles. The molecule has 0 aromatic heterocycles. The van der Waals surface area contributed by atoms with Gasteiger partial charge in [0.2, 0.25) is 5.91 Å². The molecule has 1 aliphatic carbocycles. The highest BCUT2D eigenvalue weighted by Gasteiger charge is 2.43. The molecule has 17 heavy (non-hydrogen) atoms. The van der Waals surface area contributed by atoms with Crippen LogP contribution >= 0.6 is 11.8 Å². The maximum Gasteiger partial charge on any atom is 0.233 e. The maximum absolute atomic E-state index is 11.4. The summed E-state index contributed by atoms with van der Waals surface area (Å²) in [6.45, 7) is 1.17. The summed E-state index contributed by atoms with van der Waals surface area (Å²) in [7, 11) is 1.78. The quantitative estimate of drug-likeness (QED) is 0.806. The Morgan fingerprint density at radius 3 is 2.65 bits per heavy atom. The van der Waals surface area contributed by atoms with Crippen LogP contribution < -0.4 is 10.6 Å². The molecule has 2 rings (SSSR count). The molecule has 1 fully saturated rings. The monoisotopic (exact) mass is 250 g/mol. The van der Waals surface area contributed by atoms with Crippen molar-refractivity contribution in [2.24, 2.45) is 0 Å². The van der Waals surface area contributed by atoms with Crippen molar-refractivity contribution < 1.29 is 4.79 Å². The molecular formula is C13H18N2OS. The van der Waals surface area contributed by atoms with Gasteiger partial charge in [-0.1, -0.05) is 18.2 Å². The van der Waals surface area contributed by atoms with Crippen molar-refractivity contribution >= 4 is 17.7 Å². The minimum Gasteiger partial charge on any atom is -0.354 e. The Kier molecular flexibility index (Phi) is 4.07. The zero-order chi connectivity index (χ0) is 12.1. The van der Waals surface area contributed by atoms with Gasteiger partial charge in [0.1, 0.15) is 0 Å². The number of thioether (sulfide) groups is 1. The molecule has 1 aliphatic rings. The summed E-state index contributed by atoms with van der Waals surface area (Å²) < 4.78 is 0.241. The van der Waals surface area contributed by atoms with E-state index in [1.54, 1.807) is 7.05 Å². The highest BCUT2D eigenvalue weighted by molar-refractivity contribution is 8.01. The summed E-state index contributed by atoms with van der Waals surface area (Å²) in [6, 6.07) is 10.4. The highest BCUT2D eigenvalue weighted by Crippen LogP contribution is 2.51. The fraction of sp³-hybridized carbons (Fsp3) is 0.462. The number of hydrogen-bond donors (Lipinski definition) is 2. The van der Waals surface area contributed by atoms with Crippen LogP contribution in [-0.2, 0) is 4.79 Å². The fourth-order valence-corrected chi connectivity index (χ4v) is 2.92. The number of rotatable bonds is 6. The normalized spacial score (nSPS) is 16.5. The molecule has 1 aromatic rings. The van der Waals surface area contributed by atoms with Gasteiger partial charge in [-0.3, -0.25) is 4.79 Å². The molecule has 0 bridgehead atoms. The van der Waals surface area contributed by atoms with E-state index < -0.39 is 0 Å². The Labute approximate surface area is 106 Å². The zero-order valence-electron chi connectivity index (χ0n) is 10.0. The van der Waals surface area contributed by atoms with E-state index in [1.165, 1.54) is 17.7 Å². The second kappa shape index (κ2) is 5.56. The van der Waals surface area contributed by atoms with Gasteiger partial charge in [-0.2, -0.15) is 0 Å². The van der Waals surface area contributed by atoms with E-state index in [0.29, 0.717) is 6.54 Å². The van der Waals surface area contributed by atoms with Crippen LogP contribution in [0.4, 0.5) is 0 Å². The Hall–Kier alpha value is -1.00. The number of amides is 1. The molecule has 0 radical (unpaired) electrons. The molecule has 4 heteroatoms. The van der Waals surface area contributed by atoms with Crippen molar-refractivity contribution in [3.05, 3.63) is 30.3 Å². The van der Waals surface area contributed by atoms with Gasteiger partial charge >= 0.3 is 0 Å². The molecule has 92 valence electrons. The Bertz CT molecular complexity index is 376. The van der Waals surface area contributed by atoms with Gasteiger partial charge < -0.3 is 10.6 Å². The van der Waals surface area contributed by atoms with Crippen molar-refractivity contribution in [2.75, 3.05) is 20.1 Å². The van der Waals surface area contributed by atoms with Crippen LogP contribution in [0, 0.1) is 0 Å². The molecule has 0 heterocycles. The Morgan fingerprint density at radius 1 is 1.35 bits per heavy atom. The largest absolute Gasteiger partial charge is 0.354 e. The third kappa shape index (κ3) is 3.75. The van der Waals surface area contributed by atoms with Gasteiger partial charge in [0, 0.05) is 16.2 Å². The van der Waals surface area contributed by atoms with Gasteiger partial charge in [0.15, 0.2) is 0 Å². The van der Waals surface area contributed by atoms with E-state index >= 15 is 0 Å². The number of benzene rings is 1. The number of nitrogens with one attached hydrogen (secondary N) is 2. The lowest BCUT2D eigenvalue weighted by Gasteiger charge is -2.15.